The normalized spacial score (nSPS) is 11.9. The molecule has 0 amide bonds. The first-order valence-corrected chi connectivity index (χ1v) is 6.19. The molecule has 15 heavy (non-hydrogen) atoms. The van der Waals surface area contributed by atoms with Crippen LogP contribution in [0.5, 0.6) is 0 Å². The average Bonchev–Trinajstić information content (AvgIpc) is 2.15. The smallest absolute Gasteiger partial charge is 0.195 e. The van der Waals surface area contributed by atoms with Crippen molar-refractivity contribution in [1.29, 1.82) is 0 Å². The molecule has 0 aliphatic rings. The second kappa shape index (κ2) is 9.15. The lowest BCUT2D eigenvalue weighted by molar-refractivity contribution is -0.111. The van der Waals surface area contributed by atoms with Gasteiger partial charge in [-0.15, -0.1) is 0 Å². The van der Waals surface area contributed by atoms with E-state index in [-0.39, 0.29) is 11.7 Å². The Hall–Kier alpha value is -0.100. The van der Waals surface area contributed by atoms with Crippen LogP contribution in [-0.2, 0) is 4.79 Å². The van der Waals surface area contributed by atoms with Crippen molar-refractivity contribution in [2.75, 3.05) is 26.7 Å². The molecule has 0 atom stereocenters. The molecule has 0 aromatic rings. The van der Waals surface area contributed by atoms with E-state index in [2.05, 4.69) is 22.5 Å². The molecule has 0 unspecified atom stereocenters. The van der Waals surface area contributed by atoms with Crippen LogP contribution in [0.1, 0.15) is 6.42 Å². The summed E-state index contributed by atoms with van der Waals surface area (Å²) in [7, 11) is 1.88. The highest BCUT2D eigenvalue weighted by Gasteiger charge is 2.06. The van der Waals surface area contributed by atoms with Crippen LogP contribution in [-0.4, -0.2) is 41.9 Å². The van der Waals surface area contributed by atoms with Crippen molar-refractivity contribution < 1.29 is 9.90 Å². The topological polar surface area (TPSA) is 40.5 Å². The first kappa shape index (κ1) is 14.9. The van der Waals surface area contributed by atoms with Gasteiger partial charge in [-0.2, -0.15) is 0 Å². The Morgan fingerprint density at radius 3 is 2.80 bits per heavy atom. The van der Waals surface area contributed by atoms with E-state index < -0.39 is 0 Å². The van der Waals surface area contributed by atoms with Crippen molar-refractivity contribution in [3.8, 4) is 0 Å². The van der Waals surface area contributed by atoms with Crippen LogP contribution < -0.4 is 0 Å². The first-order valence-electron chi connectivity index (χ1n) is 4.58. The minimum absolute atomic E-state index is 0.102. The molecular weight excluding hydrogens is 278 g/mol. The summed E-state index contributed by atoms with van der Waals surface area (Å²) in [6.07, 6.45) is 3.84. The van der Waals surface area contributed by atoms with Gasteiger partial charge >= 0.3 is 0 Å². The summed E-state index contributed by atoms with van der Waals surface area (Å²) in [4.78, 5) is 13.3. The maximum Gasteiger partial charge on any atom is 0.195 e. The van der Waals surface area contributed by atoms with Crippen LogP contribution in [0.15, 0.2) is 22.5 Å². The number of nitrogens with zero attached hydrogens (tertiary/aromatic N) is 1. The largest absolute Gasteiger partial charge is 0.395 e. The molecule has 0 fully saturated rings. The molecular formula is C10H16BrNO2S. The quantitative estimate of drug-likeness (QED) is 0.729. The van der Waals surface area contributed by atoms with Gasteiger partial charge in [-0.3, -0.25) is 4.79 Å². The van der Waals surface area contributed by atoms with E-state index in [1.165, 1.54) is 0 Å². The van der Waals surface area contributed by atoms with Crippen LogP contribution >= 0.6 is 27.7 Å². The summed E-state index contributed by atoms with van der Waals surface area (Å²) in [5, 5.41) is 8.76. The van der Waals surface area contributed by atoms with Crippen molar-refractivity contribution in [2.45, 2.75) is 6.42 Å². The lowest BCUT2D eigenvalue weighted by atomic mass is 10.4. The number of likely N-dealkylation sites (N-methyl/N-ethyl adjacent to an activating group) is 1. The Labute approximate surface area is 103 Å². The number of allylic oxidation sites excluding steroid dienone is 2. The fourth-order valence-electron chi connectivity index (χ4n) is 0.851. The van der Waals surface area contributed by atoms with Gasteiger partial charge in [0.2, 0.25) is 0 Å². The predicted molar refractivity (Wildman–Crippen MR) is 69.0 cm³/mol. The summed E-state index contributed by atoms with van der Waals surface area (Å²) >= 11 is 4.42. The number of aliphatic hydroxyl groups is 1. The van der Waals surface area contributed by atoms with Gasteiger partial charge in [-0.05, 0) is 40.8 Å². The maximum atomic E-state index is 11.4. The van der Waals surface area contributed by atoms with Gasteiger partial charge in [0.25, 0.3) is 0 Å². The monoisotopic (exact) mass is 293 g/mol. The zero-order chi connectivity index (χ0) is 11.7. The molecule has 0 aromatic heterocycles. The number of aliphatic hydroxyl groups excluding tert-OH is 1. The van der Waals surface area contributed by atoms with Gasteiger partial charge < -0.3 is 10.0 Å². The standard InChI is InChI=1S/C10H16BrNO2S/c1-3-4-9(11)15-10(14)5-6-12(2)7-8-13/h3-4,13H,1,5-8H2,2H3/b9-4-. The van der Waals surface area contributed by atoms with Gasteiger partial charge in [0.15, 0.2) is 5.12 Å². The van der Waals surface area contributed by atoms with E-state index >= 15 is 0 Å². The van der Waals surface area contributed by atoms with Crippen LogP contribution in [0.25, 0.3) is 0 Å². The number of hydrogen-bond acceptors (Lipinski definition) is 4. The molecule has 0 spiro atoms. The maximum absolute atomic E-state index is 11.4. The minimum atomic E-state index is 0.102. The van der Waals surface area contributed by atoms with Crippen molar-refractivity contribution >= 4 is 32.8 Å². The van der Waals surface area contributed by atoms with E-state index in [1.807, 2.05) is 11.9 Å². The molecule has 0 aliphatic heterocycles. The number of carbonyl (C=O) groups is 1. The Balaban J connectivity index is 3.75. The van der Waals surface area contributed by atoms with Crippen LogP contribution in [0, 0.1) is 0 Å². The molecule has 0 saturated heterocycles. The lowest BCUT2D eigenvalue weighted by Gasteiger charge is -2.13. The molecule has 5 heteroatoms. The fourth-order valence-corrected chi connectivity index (χ4v) is 2.15. The molecule has 0 bridgehead atoms. The molecule has 0 rings (SSSR count). The number of rotatable bonds is 7. The summed E-state index contributed by atoms with van der Waals surface area (Å²) in [6.45, 7) is 4.93. The second-order valence-corrected chi connectivity index (χ2v) is 5.44. The van der Waals surface area contributed by atoms with E-state index in [4.69, 9.17) is 5.11 Å². The predicted octanol–water partition coefficient (Wildman–Crippen LogP) is 1.98. The van der Waals surface area contributed by atoms with E-state index in [0.717, 1.165) is 15.6 Å². The summed E-state index contributed by atoms with van der Waals surface area (Å²) in [6, 6.07) is 0. The molecule has 0 heterocycles. The van der Waals surface area contributed by atoms with Crippen molar-refractivity contribution in [3.63, 3.8) is 0 Å². The highest BCUT2D eigenvalue weighted by Crippen LogP contribution is 2.24. The molecule has 3 nitrogen and oxygen atoms in total. The van der Waals surface area contributed by atoms with Gasteiger partial charge in [0.05, 0.1) is 10.4 Å². The number of thioether (sulfide) groups is 1. The molecule has 0 aliphatic carbocycles. The number of halogens is 1. The third kappa shape index (κ3) is 8.87. The Bertz CT molecular complexity index is 244. The zero-order valence-electron chi connectivity index (χ0n) is 8.78. The fraction of sp³-hybridized carbons (Fsp3) is 0.500. The SMILES string of the molecule is C=C/C=C(/Br)SC(=O)CCN(C)CCO. The third-order valence-electron chi connectivity index (χ3n) is 1.64. The highest BCUT2D eigenvalue weighted by atomic mass is 79.9. The van der Waals surface area contributed by atoms with Gasteiger partial charge in [0.1, 0.15) is 0 Å². The van der Waals surface area contributed by atoms with E-state index in [9.17, 15) is 4.79 Å². The Morgan fingerprint density at radius 1 is 1.60 bits per heavy atom. The van der Waals surface area contributed by atoms with Crippen LogP contribution in [0.2, 0.25) is 0 Å². The van der Waals surface area contributed by atoms with Crippen LogP contribution in [0.4, 0.5) is 0 Å². The Morgan fingerprint density at radius 2 is 2.27 bits per heavy atom. The first-order chi connectivity index (χ1) is 7.10. The molecule has 0 radical (unpaired) electrons. The minimum Gasteiger partial charge on any atom is -0.395 e. The van der Waals surface area contributed by atoms with Crippen LogP contribution in [0.3, 0.4) is 0 Å². The summed E-state index contributed by atoms with van der Waals surface area (Å²) in [5.41, 5.74) is 0. The molecule has 0 saturated carbocycles. The van der Waals surface area contributed by atoms with Crippen molar-refractivity contribution in [1.82, 2.24) is 4.90 Å². The average molecular weight is 294 g/mol. The van der Waals surface area contributed by atoms with E-state index in [1.54, 1.807) is 12.2 Å². The molecule has 1 N–H and O–H groups in total. The second-order valence-electron chi connectivity index (χ2n) is 2.96. The number of hydrogen-bond donors (Lipinski definition) is 1. The number of carbonyl (C=O) groups excluding carboxylic acids is 1. The third-order valence-corrected chi connectivity index (χ3v) is 3.15. The zero-order valence-corrected chi connectivity index (χ0v) is 11.2. The van der Waals surface area contributed by atoms with Crippen molar-refractivity contribution in [2.24, 2.45) is 0 Å². The van der Waals surface area contributed by atoms with Gasteiger partial charge in [0, 0.05) is 19.5 Å². The molecule has 0 aromatic carbocycles. The van der Waals surface area contributed by atoms with E-state index in [0.29, 0.717) is 19.5 Å². The molecule has 86 valence electrons. The Kier molecular flexibility index (Phi) is 9.09. The summed E-state index contributed by atoms with van der Waals surface area (Å²) < 4.78 is 0.771. The summed E-state index contributed by atoms with van der Waals surface area (Å²) in [5.74, 6) is 0. The van der Waals surface area contributed by atoms with Crippen molar-refractivity contribution in [3.05, 3.63) is 22.5 Å². The highest BCUT2D eigenvalue weighted by molar-refractivity contribution is 9.14. The van der Waals surface area contributed by atoms with Gasteiger partial charge in [-0.25, -0.2) is 0 Å². The lowest BCUT2D eigenvalue weighted by Crippen LogP contribution is -2.24. The van der Waals surface area contributed by atoms with Gasteiger partial charge in [-0.1, -0.05) is 12.7 Å².